The first-order valence-electron chi connectivity index (χ1n) is 7.31. The van der Waals surface area contributed by atoms with E-state index in [0.29, 0.717) is 6.42 Å². The normalized spacial score (nSPS) is 13.0. The lowest BCUT2D eigenvalue weighted by molar-refractivity contribution is -0.135. The van der Waals surface area contributed by atoms with E-state index in [1.807, 2.05) is 0 Å². The summed E-state index contributed by atoms with van der Waals surface area (Å²) in [5.74, 6) is 0. The molecule has 0 fully saturated rings. The Bertz CT molecular complexity index is 189. The molecule has 0 aromatic heterocycles. The van der Waals surface area contributed by atoms with Crippen LogP contribution in [0, 0.1) is 0 Å². The molecule has 0 amide bonds. The molecule has 0 aromatic carbocycles. The van der Waals surface area contributed by atoms with Gasteiger partial charge >= 0.3 is 6.18 Å². The highest BCUT2D eigenvalue weighted by Gasteiger charge is 2.30. The van der Waals surface area contributed by atoms with Crippen LogP contribution >= 0.6 is 7.26 Å². The second-order valence-electron chi connectivity index (χ2n) is 5.15. The maximum absolute atomic E-state index is 11.9. The Kier molecular flexibility index (Phi) is 9.29. The number of hydrogen-bond donors (Lipinski definition) is 0. The van der Waals surface area contributed by atoms with Gasteiger partial charge in [-0.3, -0.25) is 0 Å². The van der Waals surface area contributed by atoms with Crippen molar-refractivity contribution in [1.82, 2.24) is 0 Å². The van der Waals surface area contributed by atoms with Crippen molar-refractivity contribution in [1.29, 1.82) is 0 Å². The topological polar surface area (TPSA) is 0 Å². The van der Waals surface area contributed by atoms with E-state index >= 15 is 0 Å². The van der Waals surface area contributed by atoms with Gasteiger partial charge in [0, 0.05) is 13.7 Å². The van der Waals surface area contributed by atoms with Crippen LogP contribution < -0.4 is 0 Å². The minimum Gasteiger partial charge on any atom is -0.171 e. The van der Waals surface area contributed by atoms with Gasteiger partial charge in [-0.25, -0.2) is 0 Å². The van der Waals surface area contributed by atoms with Crippen LogP contribution in [-0.2, 0) is 0 Å². The van der Waals surface area contributed by atoms with Gasteiger partial charge in [0.05, 0.1) is 24.6 Å². The van der Waals surface area contributed by atoms with E-state index in [4.69, 9.17) is 0 Å². The molecule has 0 aliphatic rings. The Hall–Kier alpha value is 0.220. The molecule has 0 saturated carbocycles. The van der Waals surface area contributed by atoms with Crippen LogP contribution in [0.4, 0.5) is 13.2 Å². The molecule has 0 aliphatic carbocycles. The summed E-state index contributed by atoms with van der Waals surface area (Å²) in [6, 6.07) is 0. The summed E-state index contributed by atoms with van der Waals surface area (Å²) in [5.41, 5.74) is 0. The minimum atomic E-state index is -3.96. The predicted molar refractivity (Wildman–Crippen MR) is 77.2 cm³/mol. The Morgan fingerprint density at radius 1 is 0.722 bits per heavy atom. The van der Waals surface area contributed by atoms with Crippen LogP contribution in [0.15, 0.2) is 0 Å². The second-order valence-corrected chi connectivity index (χ2v) is 10.2. The first kappa shape index (κ1) is 18.2. The van der Waals surface area contributed by atoms with Gasteiger partial charge in [0.1, 0.15) is 0 Å². The smallest absolute Gasteiger partial charge is 0.171 e. The predicted octanol–water partition coefficient (Wildman–Crippen LogP) is 5.97. The van der Waals surface area contributed by atoms with Crippen molar-refractivity contribution in [2.75, 3.05) is 24.6 Å². The Labute approximate surface area is 111 Å². The molecule has 0 heterocycles. The first-order valence-corrected chi connectivity index (χ1v) is 9.84. The Morgan fingerprint density at radius 3 is 1.61 bits per heavy atom. The largest absolute Gasteiger partial charge is 0.389 e. The van der Waals surface area contributed by atoms with Crippen LogP contribution in [0.5, 0.6) is 0 Å². The molecule has 4 heteroatoms. The molecule has 0 unspecified atom stereocenters. The van der Waals surface area contributed by atoms with Gasteiger partial charge in [0.25, 0.3) is 0 Å². The van der Waals surface area contributed by atoms with Crippen molar-refractivity contribution in [3.8, 4) is 0 Å². The van der Waals surface area contributed by atoms with E-state index in [9.17, 15) is 13.2 Å². The van der Waals surface area contributed by atoms with Crippen molar-refractivity contribution in [2.24, 2.45) is 0 Å². The summed E-state index contributed by atoms with van der Waals surface area (Å²) in [6.07, 6.45) is 5.08. The molecule has 0 rings (SSSR count). The van der Waals surface area contributed by atoms with E-state index in [1.165, 1.54) is 31.1 Å². The fraction of sp³-hybridized carbons (Fsp3) is 1.00. The van der Waals surface area contributed by atoms with E-state index in [-0.39, 0.29) is 0 Å². The van der Waals surface area contributed by atoms with Crippen molar-refractivity contribution in [3.05, 3.63) is 0 Å². The lowest BCUT2D eigenvalue weighted by Crippen LogP contribution is -2.07. The molecule has 18 heavy (non-hydrogen) atoms. The average Bonchev–Trinajstić information content (AvgIpc) is 2.32. The van der Waals surface area contributed by atoms with Crippen molar-refractivity contribution in [2.45, 2.75) is 65.5 Å². The van der Waals surface area contributed by atoms with Crippen molar-refractivity contribution >= 4 is 7.26 Å². The van der Waals surface area contributed by atoms with Crippen molar-refractivity contribution < 1.29 is 13.2 Å². The Balaban J connectivity index is 3.56. The van der Waals surface area contributed by atoms with Gasteiger partial charge in [-0.2, -0.15) is 13.2 Å². The molecule has 0 radical (unpaired) electrons. The molecular weight excluding hydrogens is 256 g/mol. The van der Waals surface area contributed by atoms with Gasteiger partial charge in [-0.15, -0.1) is 0 Å². The van der Waals surface area contributed by atoms with E-state index < -0.39 is 19.9 Å². The summed E-state index contributed by atoms with van der Waals surface area (Å²) >= 11 is 0. The zero-order valence-electron chi connectivity index (χ0n) is 12.2. The van der Waals surface area contributed by atoms with Gasteiger partial charge in [0.15, 0.2) is 0 Å². The third-order valence-electron chi connectivity index (χ3n) is 4.11. The van der Waals surface area contributed by atoms with Crippen molar-refractivity contribution in [3.63, 3.8) is 0 Å². The van der Waals surface area contributed by atoms with Gasteiger partial charge in [0.2, 0.25) is 0 Å². The lowest BCUT2D eigenvalue weighted by atomic mass is 10.1. The summed E-state index contributed by atoms with van der Waals surface area (Å²) in [4.78, 5) is 0. The molecule has 0 spiro atoms. The molecule has 0 aliphatic heterocycles. The maximum atomic E-state index is 11.9. The summed E-state index contributed by atoms with van der Waals surface area (Å²) in [7, 11) is -0.701. The fourth-order valence-electron chi connectivity index (χ4n) is 2.45. The molecular formula is C14H29F3P+. The number of rotatable bonds is 10. The van der Waals surface area contributed by atoms with Crippen LogP contribution in [0.1, 0.15) is 59.3 Å². The lowest BCUT2D eigenvalue weighted by Gasteiger charge is -2.23. The van der Waals surface area contributed by atoms with Crippen LogP contribution in [-0.4, -0.2) is 30.8 Å². The molecule has 0 nitrogen and oxygen atoms in total. The molecule has 0 aromatic rings. The number of hydrogen-bond acceptors (Lipinski definition) is 0. The monoisotopic (exact) mass is 285 g/mol. The highest BCUT2D eigenvalue weighted by atomic mass is 31.2. The van der Waals surface area contributed by atoms with E-state index in [1.54, 1.807) is 0 Å². The molecule has 0 atom stereocenters. The summed E-state index contributed by atoms with van der Waals surface area (Å²) < 4.78 is 35.8. The summed E-state index contributed by atoms with van der Waals surface area (Å²) in [6.45, 7) is 6.89. The van der Waals surface area contributed by atoms with E-state index in [2.05, 4.69) is 20.8 Å². The molecule has 0 N–H and O–H groups in total. The third kappa shape index (κ3) is 8.34. The minimum absolute atomic E-state index is 0.305. The maximum Gasteiger partial charge on any atom is 0.389 e. The quantitative estimate of drug-likeness (QED) is 0.343. The van der Waals surface area contributed by atoms with Gasteiger partial charge in [-0.05, 0) is 40.0 Å². The summed E-state index contributed by atoms with van der Waals surface area (Å²) in [5, 5.41) is 0. The highest BCUT2D eigenvalue weighted by molar-refractivity contribution is 7.75. The standard InChI is InChI=1S/C14H29F3P/c1-4-18(5-2,6-3)13-11-9-7-8-10-12-14(15,16)17/h4-13H2,1-3H3/q+1. The van der Waals surface area contributed by atoms with E-state index in [0.717, 1.165) is 19.3 Å². The average molecular weight is 285 g/mol. The van der Waals surface area contributed by atoms with Gasteiger partial charge < -0.3 is 0 Å². The van der Waals surface area contributed by atoms with Gasteiger partial charge in [-0.1, -0.05) is 12.8 Å². The number of alkyl halides is 3. The SMILES string of the molecule is CC[P+](CC)(CC)CCCCCCCC(F)(F)F. The Morgan fingerprint density at radius 2 is 1.17 bits per heavy atom. The second kappa shape index (κ2) is 9.18. The third-order valence-corrected chi connectivity index (χ3v) is 9.40. The number of unbranched alkanes of at least 4 members (excludes halogenated alkanes) is 4. The van der Waals surface area contributed by atoms with Crippen LogP contribution in [0.3, 0.4) is 0 Å². The zero-order chi connectivity index (χ0) is 14.1. The zero-order valence-corrected chi connectivity index (χ0v) is 13.0. The molecule has 0 bridgehead atoms. The highest BCUT2D eigenvalue weighted by Crippen LogP contribution is 2.58. The molecule has 110 valence electrons. The van der Waals surface area contributed by atoms with Crippen LogP contribution in [0.2, 0.25) is 0 Å². The fourth-order valence-corrected chi connectivity index (χ4v) is 5.63. The molecule has 0 saturated heterocycles. The van der Waals surface area contributed by atoms with Crippen LogP contribution in [0.25, 0.3) is 0 Å². The first-order chi connectivity index (χ1) is 8.39. The number of halogens is 3.